The number of rotatable bonds is 3. The van der Waals surface area contributed by atoms with Crippen LogP contribution in [0.15, 0.2) is 60.7 Å². The van der Waals surface area contributed by atoms with Crippen LogP contribution in [0.1, 0.15) is 23.7 Å². The molecule has 28 heavy (non-hydrogen) atoms. The van der Waals surface area contributed by atoms with Crippen LogP contribution < -0.4 is 0 Å². The number of hydrogen-bond acceptors (Lipinski definition) is 7. The Balaban J connectivity index is 1.43. The number of esters is 1. The van der Waals surface area contributed by atoms with Gasteiger partial charge in [-0.1, -0.05) is 60.7 Å². The lowest BCUT2D eigenvalue weighted by Crippen LogP contribution is -2.57. The molecule has 146 valence electrons. The lowest BCUT2D eigenvalue weighted by molar-refractivity contribution is -0.230. The summed E-state index contributed by atoms with van der Waals surface area (Å²) in [5.41, 5.74) is 1.72. The smallest absolute Gasteiger partial charge is 0.337 e. The molecule has 3 aliphatic rings. The molecule has 7 nitrogen and oxygen atoms in total. The molecule has 7 heteroatoms. The summed E-state index contributed by atoms with van der Waals surface area (Å²) in [5, 5.41) is 0. The number of carbonyl (C=O) groups excluding carboxylic acids is 1. The van der Waals surface area contributed by atoms with Crippen molar-refractivity contribution in [3.8, 4) is 0 Å². The van der Waals surface area contributed by atoms with Crippen molar-refractivity contribution in [2.75, 3.05) is 7.11 Å². The van der Waals surface area contributed by atoms with Crippen molar-refractivity contribution in [2.24, 2.45) is 0 Å². The molecule has 2 aromatic rings. The van der Waals surface area contributed by atoms with Crippen molar-refractivity contribution in [1.29, 1.82) is 0 Å². The van der Waals surface area contributed by atoms with Gasteiger partial charge in [0, 0.05) is 11.1 Å². The molecule has 3 fully saturated rings. The number of hydrogen-bond donors (Lipinski definition) is 0. The molecule has 3 aliphatic heterocycles. The fourth-order valence-electron chi connectivity index (χ4n) is 3.82. The minimum Gasteiger partial charge on any atom is -0.467 e. The van der Waals surface area contributed by atoms with Crippen LogP contribution in [-0.4, -0.2) is 43.8 Å². The van der Waals surface area contributed by atoms with Crippen molar-refractivity contribution in [2.45, 2.75) is 43.3 Å². The second-order valence-electron chi connectivity index (χ2n) is 6.87. The van der Waals surface area contributed by atoms with E-state index in [0.29, 0.717) is 0 Å². The van der Waals surface area contributed by atoms with E-state index in [1.165, 1.54) is 7.11 Å². The molecule has 0 aromatic heterocycles. The summed E-state index contributed by atoms with van der Waals surface area (Å²) >= 11 is 0. The molecule has 3 heterocycles. The Morgan fingerprint density at radius 2 is 1.25 bits per heavy atom. The number of ether oxygens (including phenoxy) is 6. The highest BCUT2D eigenvalue weighted by Gasteiger charge is 2.60. The molecule has 0 radical (unpaired) electrons. The Morgan fingerprint density at radius 3 is 1.86 bits per heavy atom. The first kappa shape index (κ1) is 17.8. The topological polar surface area (TPSA) is 72.5 Å². The third-order valence-electron chi connectivity index (χ3n) is 5.17. The highest BCUT2D eigenvalue weighted by atomic mass is 16.8. The van der Waals surface area contributed by atoms with Gasteiger partial charge >= 0.3 is 5.97 Å². The van der Waals surface area contributed by atoms with Crippen LogP contribution in [0.5, 0.6) is 0 Å². The minimum atomic E-state index is -0.955. The predicted molar refractivity (Wildman–Crippen MR) is 94.7 cm³/mol. The number of fused-ring (bicyclic) bond motifs is 3. The monoisotopic (exact) mass is 384 g/mol. The van der Waals surface area contributed by atoms with E-state index in [2.05, 4.69) is 0 Å². The van der Waals surface area contributed by atoms with Crippen LogP contribution in [0, 0.1) is 0 Å². The molecule has 7 atom stereocenters. The predicted octanol–water partition coefficient (Wildman–Crippen LogP) is 2.48. The first-order valence-electron chi connectivity index (χ1n) is 9.19. The lowest BCUT2D eigenvalue weighted by atomic mass is 9.99. The molecule has 0 bridgehead atoms. The maximum absolute atomic E-state index is 12.3. The van der Waals surface area contributed by atoms with Gasteiger partial charge in [-0.2, -0.15) is 0 Å². The van der Waals surface area contributed by atoms with Crippen molar-refractivity contribution in [1.82, 2.24) is 0 Å². The van der Waals surface area contributed by atoms with Gasteiger partial charge in [-0.15, -0.1) is 0 Å². The van der Waals surface area contributed by atoms with E-state index in [4.69, 9.17) is 28.4 Å². The summed E-state index contributed by atoms with van der Waals surface area (Å²) < 4.78 is 35.0. The van der Waals surface area contributed by atoms with Crippen LogP contribution in [0.4, 0.5) is 0 Å². The van der Waals surface area contributed by atoms with E-state index >= 15 is 0 Å². The molecule has 0 aliphatic carbocycles. The van der Waals surface area contributed by atoms with Gasteiger partial charge in [0.25, 0.3) is 0 Å². The first-order chi connectivity index (χ1) is 13.7. The summed E-state index contributed by atoms with van der Waals surface area (Å²) in [5.74, 6) is -0.530. The SMILES string of the molecule is COC(=O)[C@H]1O[C@@H]2OC(c3ccccc3)O[C@@H]2[C@H]2OC(c3ccccc3)O[C@H]21. The summed E-state index contributed by atoms with van der Waals surface area (Å²) in [4.78, 5) is 12.3. The van der Waals surface area contributed by atoms with Crippen LogP contribution in [-0.2, 0) is 33.2 Å². The maximum atomic E-state index is 12.3. The summed E-state index contributed by atoms with van der Waals surface area (Å²) in [6, 6.07) is 19.1. The van der Waals surface area contributed by atoms with E-state index < -0.39 is 49.3 Å². The third-order valence-corrected chi connectivity index (χ3v) is 5.17. The Hall–Kier alpha value is -2.29. The molecular weight excluding hydrogens is 364 g/mol. The van der Waals surface area contributed by atoms with Crippen molar-refractivity contribution >= 4 is 5.97 Å². The summed E-state index contributed by atoms with van der Waals surface area (Å²) in [7, 11) is 1.32. The van der Waals surface area contributed by atoms with E-state index in [0.717, 1.165) is 11.1 Å². The standard InChI is InChI=1S/C21H20O7/c1-23-18(22)16-14-15(25-19(24-14)12-8-4-2-5-9-12)17-21(26-16)28-20(27-17)13-10-6-3-7-11-13/h2-11,14-17,19-21H,1H3/t14-,15+,16+,17-,19?,20?,21-/m1/s1. The van der Waals surface area contributed by atoms with Crippen LogP contribution in [0.2, 0.25) is 0 Å². The van der Waals surface area contributed by atoms with E-state index in [1.807, 2.05) is 60.7 Å². The molecule has 3 saturated heterocycles. The average Bonchev–Trinajstić information content (AvgIpc) is 3.38. The molecule has 0 spiro atoms. The normalized spacial score (nSPS) is 36.5. The van der Waals surface area contributed by atoms with Gasteiger partial charge in [-0.25, -0.2) is 4.79 Å². The molecule has 5 rings (SSSR count). The van der Waals surface area contributed by atoms with Gasteiger partial charge in [0.05, 0.1) is 7.11 Å². The number of methoxy groups -OCH3 is 1. The highest BCUT2D eigenvalue weighted by molar-refractivity contribution is 5.75. The quantitative estimate of drug-likeness (QED) is 0.753. The average molecular weight is 384 g/mol. The molecule has 0 saturated carbocycles. The second-order valence-corrected chi connectivity index (χ2v) is 6.87. The second kappa shape index (κ2) is 7.27. The zero-order valence-corrected chi connectivity index (χ0v) is 15.2. The molecule has 2 unspecified atom stereocenters. The molecule has 0 amide bonds. The van der Waals surface area contributed by atoms with Gasteiger partial charge in [-0.3, -0.25) is 0 Å². The molecule has 0 N–H and O–H groups in total. The molecular formula is C21H20O7. The Morgan fingerprint density at radius 1 is 0.714 bits per heavy atom. The molecule has 2 aromatic carbocycles. The van der Waals surface area contributed by atoms with Crippen molar-refractivity contribution < 1.29 is 33.2 Å². The van der Waals surface area contributed by atoms with E-state index in [1.54, 1.807) is 0 Å². The van der Waals surface area contributed by atoms with Gasteiger partial charge in [0.2, 0.25) is 0 Å². The number of benzene rings is 2. The van der Waals surface area contributed by atoms with Gasteiger partial charge in [0.15, 0.2) is 25.0 Å². The van der Waals surface area contributed by atoms with Gasteiger partial charge in [0.1, 0.15) is 18.3 Å². The maximum Gasteiger partial charge on any atom is 0.337 e. The van der Waals surface area contributed by atoms with Gasteiger partial charge < -0.3 is 28.4 Å². The fourth-order valence-corrected chi connectivity index (χ4v) is 3.82. The Labute approximate surface area is 162 Å². The van der Waals surface area contributed by atoms with Crippen molar-refractivity contribution in [3.05, 3.63) is 71.8 Å². The Kier molecular flexibility index (Phi) is 4.62. The summed E-state index contributed by atoms with van der Waals surface area (Å²) in [6.45, 7) is 0. The van der Waals surface area contributed by atoms with E-state index in [-0.39, 0.29) is 0 Å². The van der Waals surface area contributed by atoms with Gasteiger partial charge in [-0.05, 0) is 0 Å². The largest absolute Gasteiger partial charge is 0.467 e. The highest BCUT2D eigenvalue weighted by Crippen LogP contribution is 2.45. The summed E-state index contributed by atoms with van der Waals surface area (Å²) in [6.07, 6.45) is -4.64. The number of carbonyl (C=O) groups is 1. The van der Waals surface area contributed by atoms with Crippen LogP contribution in [0.25, 0.3) is 0 Å². The first-order valence-corrected chi connectivity index (χ1v) is 9.19. The zero-order valence-electron chi connectivity index (χ0n) is 15.2. The zero-order chi connectivity index (χ0) is 19.1. The third kappa shape index (κ3) is 3.01. The van der Waals surface area contributed by atoms with Crippen LogP contribution in [0.3, 0.4) is 0 Å². The Bertz CT molecular complexity index is 827. The van der Waals surface area contributed by atoms with Crippen LogP contribution >= 0.6 is 0 Å². The minimum absolute atomic E-state index is 0.523. The lowest BCUT2D eigenvalue weighted by Gasteiger charge is -2.35. The van der Waals surface area contributed by atoms with Crippen molar-refractivity contribution in [3.63, 3.8) is 0 Å². The fraction of sp³-hybridized carbons (Fsp3) is 0.381. The van der Waals surface area contributed by atoms with E-state index in [9.17, 15) is 4.79 Å².